The van der Waals surface area contributed by atoms with E-state index in [0.717, 1.165) is 28.0 Å². The fraction of sp³-hybridized carbons (Fsp3) is 0.188. The van der Waals surface area contributed by atoms with Crippen LogP contribution in [0.5, 0.6) is 5.75 Å². The first kappa shape index (κ1) is 14.4. The maximum absolute atomic E-state index is 9.69. The molecule has 0 atom stereocenters. The average molecular weight is 331 g/mol. The molecule has 0 heterocycles. The van der Waals surface area contributed by atoms with Crippen LogP contribution in [0.2, 0.25) is 0 Å². The second-order valence-corrected chi connectivity index (χ2v) is 5.35. The van der Waals surface area contributed by atoms with E-state index >= 15 is 0 Å². The van der Waals surface area contributed by atoms with Crippen molar-refractivity contribution in [2.75, 3.05) is 11.4 Å². The number of aromatic hydroxyl groups is 1. The van der Waals surface area contributed by atoms with Crippen LogP contribution in [0, 0.1) is 18.3 Å². The van der Waals surface area contributed by atoms with Gasteiger partial charge in [0.2, 0.25) is 0 Å². The summed E-state index contributed by atoms with van der Waals surface area (Å²) in [6.07, 6.45) is 0. The smallest absolute Gasteiger partial charge is 0.117 e. The summed E-state index contributed by atoms with van der Waals surface area (Å²) in [5.74, 6) is 0.247. The number of hydrogen-bond donors (Lipinski definition) is 1. The van der Waals surface area contributed by atoms with Gasteiger partial charge in [0, 0.05) is 28.5 Å². The Balaban J connectivity index is 2.50. The number of anilines is 2. The third-order valence-electron chi connectivity index (χ3n) is 3.18. The summed E-state index contributed by atoms with van der Waals surface area (Å²) in [5.41, 5.74) is 3.64. The lowest BCUT2D eigenvalue weighted by atomic mass is 10.1. The Bertz CT molecular complexity index is 677. The van der Waals surface area contributed by atoms with E-state index in [2.05, 4.69) is 33.8 Å². The summed E-state index contributed by atoms with van der Waals surface area (Å²) in [4.78, 5) is 2.10. The van der Waals surface area contributed by atoms with Crippen LogP contribution in [0.3, 0.4) is 0 Å². The van der Waals surface area contributed by atoms with E-state index in [1.54, 1.807) is 18.2 Å². The number of phenolic OH excluding ortho intramolecular Hbond substituents is 1. The van der Waals surface area contributed by atoms with E-state index in [0.29, 0.717) is 5.56 Å². The summed E-state index contributed by atoms with van der Waals surface area (Å²) < 4.78 is 0.772. The van der Waals surface area contributed by atoms with E-state index in [9.17, 15) is 5.11 Å². The molecule has 2 rings (SSSR count). The van der Waals surface area contributed by atoms with Gasteiger partial charge in [0.1, 0.15) is 11.8 Å². The van der Waals surface area contributed by atoms with Crippen molar-refractivity contribution in [2.24, 2.45) is 0 Å². The highest BCUT2D eigenvalue weighted by atomic mass is 79.9. The zero-order chi connectivity index (χ0) is 14.7. The Labute approximate surface area is 127 Å². The van der Waals surface area contributed by atoms with Gasteiger partial charge in [-0.3, -0.25) is 0 Å². The first-order valence-electron chi connectivity index (χ1n) is 6.33. The molecule has 1 N–H and O–H groups in total. The summed E-state index contributed by atoms with van der Waals surface area (Å²) in [5, 5.41) is 18.7. The highest BCUT2D eigenvalue weighted by Crippen LogP contribution is 2.33. The number of nitrogens with zero attached hydrogens (tertiary/aromatic N) is 2. The van der Waals surface area contributed by atoms with Crippen molar-refractivity contribution < 1.29 is 5.11 Å². The normalized spacial score (nSPS) is 10.1. The van der Waals surface area contributed by atoms with E-state index in [1.807, 2.05) is 25.1 Å². The highest BCUT2D eigenvalue weighted by molar-refractivity contribution is 9.10. The van der Waals surface area contributed by atoms with Crippen molar-refractivity contribution in [1.29, 1.82) is 5.26 Å². The predicted octanol–water partition coefficient (Wildman–Crippen LogP) is 4.49. The molecule has 0 aliphatic carbocycles. The lowest BCUT2D eigenvalue weighted by Gasteiger charge is -2.25. The molecule has 2 aromatic carbocycles. The van der Waals surface area contributed by atoms with Gasteiger partial charge in [0.25, 0.3) is 0 Å². The molecule has 0 aromatic heterocycles. The molecule has 0 saturated carbocycles. The first-order valence-corrected chi connectivity index (χ1v) is 7.13. The number of rotatable bonds is 3. The van der Waals surface area contributed by atoms with E-state index < -0.39 is 0 Å². The molecule has 4 heteroatoms. The van der Waals surface area contributed by atoms with Gasteiger partial charge in [-0.2, -0.15) is 5.26 Å². The van der Waals surface area contributed by atoms with Crippen LogP contribution >= 0.6 is 15.9 Å². The molecule has 102 valence electrons. The van der Waals surface area contributed by atoms with Gasteiger partial charge in [0.05, 0.1) is 5.56 Å². The largest absolute Gasteiger partial charge is 0.508 e. The fourth-order valence-electron chi connectivity index (χ4n) is 2.14. The zero-order valence-corrected chi connectivity index (χ0v) is 13.0. The monoisotopic (exact) mass is 330 g/mol. The molecular weight excluding hydrogens is 316 g/mol. The van der Waals surface area contributed by atoms with Gasteiger partial charge < -0.3 is 10.0 Å². The lowest BCUT2D eigenvalue weighted by Crippen LogP contribution is -2.17. The van der Waals surface area contributed by atoms with Crippen LogP contribution in [-0.2, 0) is 0 Å². The van der Waals surface area contributed by atoms with Gasteiger partial charge >= 0.3 is 0 Å². The van der Waals surface area contributed by atoms with Crippen LogP contribution in [0.1, 0.15) is 18.1 Å². The summed E-state index contributed by atoms with van der Waals surface area (Å²) in [7, 11) is 0. The Kier molecular flexibility index (Phi) is 4.31. The molecule has 2 aromatic rings. The van der Waals surface area contributed by atoms with Gasteiger partial charge in [-0.05, 0) is 59.6 Å². The molecule has 0 radical (unpaired) electrons. The molecule has 20 heavy (non-hydrogen) atoms. The van der Waals surface area contributed by atoms with Crippen LogP contribution in [0.25, 0.3) is 0 Å². The highest BCUT2D eigenvalue weighted by Gasteiger charge is 2.12. The molecule has 3 nitrogen and oxygen atoms in total. The van der Waals surface area contributed by atoms with Crippen LogP contribution in [0.15, 0.2) is 40.9 Å². The molecular formula is C16H15BrN2O. The van der Waals surface area contributed by atoms with Gasteiger partial charge in [-0.15, -0.1) is 0 Å². The predicted molar refractivity (Wildman–Crippen MR) is 84.4 cm³/mol. The van der Waals surface area contributed by atoms with Gasteiger partial charge in [0.15, 0.2) is 0 Å². The van der Waals surface area contributed by atoms with Gasteiger partial charge in [-0.25, -0.2) is 0 Å². The second-order valence-electron chi connectivity index (χ2n) is 4.49. The minimum absolute atomic E-state index is 0.247. The van der Waals surface area contributed by atoms with E-state index in [1.165, 1.54) is 0 Å². The molecule has 0 unspecified atom stereocenters. The minimum Gasteiger partial charge on any atom is -0.508 e. The van der Waals surface area contributed by atoms with Crippen molar-refractivity contribution in [3.63, 3.8) is 0 Å². The number of halogens is 1. The standard InChI is InChI=1S/C16H15BrN2O/c1-3-19(16-9-14(20)7-4-11(16)2)13-6-5-12(10-18)15(17)8-13/h4-9,20H,3H2,1-2H3. The third kappa shape index (κ3) is 2.78. The Morgan fingerprint density at radius 3 is 2.60 bits per heavy atom. The van der Waals surface area contributed by atoms with Crippen LogP contribution in [-0.4, -0.2) is 11.7 Å². The molecule has 0 saturated heterocycles. The Morgan fingerprint density at radius 2 is 2.00 bits per heavy atom. The molecule has 0 spiro atoms. The third-order valence-corrected chi connectivity index (χ3v) is 3.84. The van der Waals surface area contributed by atoms with Crippen LogP contribution in [0.4, 0.5) is 11.4 Å². The molecule has 0 aliphatic heterocycles. The second kappa shape index (κ2) is 5.98. The van der Waals surface area contributed by atoms with Crippen molar-refractivity contribution in [1.82, 2.24) is 0 Å². The zero-order valence-electron chi connectivity index (χ0n) is 11.4. The molecule has 0 bridgehead atoms. The van der Waals surface area contributed by atoms with Gasteiger partial charge in [-0.1, -0.05) is 6.07 Å². The maximum atomic E-state index is 9.69. The van der Waals surface area contributed by atoms with Crippen molar-refractivity contribution in [3.05, 3.63) is 52.0 Å². The number of nitriles is 1. The number of phenols is 1. The molecule has 0 aliphatic rings. The molecule has 0 amide bonds. The minimum atomic E-state index is 0.247. The Hall–Kier alpha value is -1.99. The summed E-state index contributed by atoms with van der Waals surface area (Å²) >= 11 is 3.41. The van der Waals surface area contributed by atoms with Crippen LogP contribution < -0.4 is 4.90 Å². The fourth-order valence-corrected chi connectivity index (χ4v) is 2.60. The Morgan fingerprint density at radius 1 is 1.25 bits per heavy atom. The number of hydrogen-bond acceptors (Lipinski definition) is 3. The van der Waals surface area contributed by atoms with Crippen molar-refractivity contribution in [3.8, 4) is 11.8 Å². The van der Waals surface area contributed by atoms with Crippen molar-refractivity contribution >= 4 is 27.3 Å². The topological polar surface area (TPSA) is 47.3 Å². The lowest BCUT2D eigenvalue weighted by molar-refractivity contribution is 0.475. The number of benzene rings is 2. The number of aryl methyl sites for hydroxylation is 1. The first-order chi connectivity index (χ1) is 9.56. The summed E-state index contributed by atoms with van der Waals surface area (Å²) in [6.45, 7) is 4.83. The van der Waals surface area contributed by atoms with Crippen molar-refractivity contribution in [2.45, 2.75) is 13.8 Å². The molecule has 0 fully saturated rings. The summed E-state index contributed by atoms with van der Waals surface area (Å²) in [6, 6.07) is 13.1. The average Bonchev–Trinajstić information content (AvgIpc) is 2.44. The van der Waals surface area contributed by atoms with E-state index in [-0.39, 0.29) is 5.75 Å². The SMILES string of the molecule is CCN(c1ccc(C#N)c(Br)c1)c1cc(O)ccc1C. The van der Waals surface area contributed by atoms with E-state index in [4.69, 9.17) is 5.26 Å². The maximum Gasteiger partial charge on any atom is 0.117 e. The quantitative estimate of drug-likeness (QED) is 0.901.